The first kappa shape index (κ1) is 16.0. The number of aromatic amines is 1. The summed E-state index contributed by atoms with van der Waals surface area (Å²) in [6.07, 6.45) is 4.05. The third-order valence-electron chi connectivity index (χ3n) is 4.16. The van der Waals surface area contributed by atoms with Gasteiger partial charge in [0.15, 0.2) is 0 Å². The van der Waals surface area contributed by atoms with Gasteiger partial charge in [-0.05, 0) is 28.7 Å². The van der Waals surface area contributed by atoms with Crippen LogP contribution in [0.4, 0.5) is 5.69 Å². The third-order valence-corrected chi connectivity index (χ3v) is 4.16. The van der Waals surface area contributed by atoms with Crippen LogP contribution in [0.1, 0.15) is 25.8 Å². The van der Waals surface area contributed by atoms with Gasteiger partial charge in [0.2, 0.25) is 5.91 Å². The van der Waals surface area contributed by atoms with Crippen molar-refractivity contribution >= 4 is 11.6 Å². The van der Waals surface area contributed by atoms with Crippen molar-refractivity contribution in [3.8, 4) is 11.1 Å². The van der Waals surface area contributed by atoms with E-state index in [1.807, 2.05) is 48.7 Å². The second-order valence-corrected chi connectivity index (χ2v) is 6.54. The van der Waals surface area contributed by atoms with Crippen LogP contribution in [0.15, 0.2) is 67.0 Å². The summed E-state index contributed by atoms with van der Waals surface area (Å²) >= 11 is 0. The fourth-order valence-electron chi connectivity index (χ4n) is 2.75. The van der Waals surface area contributed by atoms with E-state index in [0.29, 0.717) is 6.42 Å². The first-order chi connectivity index (χ1) is 11.5. The molecular weight excluding hydrogens is 298 g/mol. The van der Waals surface area contributed by atoms with Crippen LogP contribution in [-0.2, 0) is 10.2 Å². The van der Waals surface area contributed by atoms with Gasteiger partial charge in [0, 0.05) is 23.9 Å². The molecule has 4 nitrogen and oxygen atoms in total. The molecule has 0 aliphatic carbocycles. The molecule has 1 amide bonds. The number of hydrogen-bond donors (Lipinski definition) is 2. The molecule has 4 heteroatoms. The Balaban J connectivity index is 1.64. The third kappa shape index (κ3) is 3.71. The lowest BCUT2D eigenvalue weighted by Gasteiger charge is -2.24. The minimum absolute atomic E-state index is 0.0138. The summed E-state index contributed by atoms with van der Waals surface area (Å²) in [7, 11) is 0. The maximum Gasteiger partial charge on any atom is 0.225 e. The summed E-state index contributed by atoms with van der Waals surface area (Å²) in [6.45, 7) is 4.17. The Morgan fingerprint density at radius 1 is 1.04 bits per heavy atom. The van der Waals surface area contributed by atoms with E-state index in [4.69, 9.17) is 0 Å². The molecule has 0 spiro atoms. The minimum Gasteiger partial charge on any atom is -0.326 e. The lowest BCUT2D eigenvalue weighted by atomic mass is 9.81. The Hall–Kier alpha value is -2.88. The number of hydrogen-bond acceptors (Lipinski definition) is 2. The van der Waals surface area contributed by atoms with E-state index in [1.54, 1.807) is 6.20 Å². The highest BCUT2D eigenvalue weighted by molar-refractivity contribution is 5.91. The van der Waals surface area contributed by atoms with Crippen molar-refractivity contribution in [3.05, 3.63) is 72.6 Å². The van der Waals surface area contributed by atoms with Gasteiger partial charge in [-0.3, -0.25) is 9.89 Å². The van der Waals surface area contributed by atoms with Crippen molar-refractivity contribution in [2.75, 3.05) is 5.32 Å². The first-order valence-electron chi connectivity index (χ1n) is 7.99. The lowest BCUT2D eigenvalue weighted by Crippen LogP contribution is -2.25. The number of carbonyl (C=O) groups excluding carboxylic acids is 1. The summed E-state index contributed by atoms with van der Waals surface area (Å²) in [5.74, 6) is 0.0138. The number of nitrogens with zero attached hydrogens (tertiary/aromatic N) is 1. The van der Waals surface area contributed by atoms with Crippen molar-refractivity contribution in [1.29, 1.82) is 0 Å². The number of H-pyrrole nitrogens is 1. The number of aromatic nitrogens is 2. The van der Waals surface area contributed by atoms with Crippen LogP contribution in [0.25, 0.3) is 11.1 Å². The zero-order chi connectivity index (χ0) is 17.0. The fraction of sp³-hybridized carbons (Fsp3) is 0.200. The number of amides is 1. The second-order valence-electron chi connectivity index (χ2n) is 6.54. The molecule has 1 aromatic heterocycles. The largest absolute Gasteiger partial charge is 0.326 e. The summed E-state index contributed by atoms with van der Waals surface area (Å²) in [5, 5.41) is 9.72. The highest BCUT2D eigenvalue weighted by Gasteiger charge is 2.24. The summed E-state index contributed by atoms with van der Waals surface area (Å²) < 4.78 is 0. The maximum absolute atomic E-state index is 12.4. The average molecular weight is 319 g/mol. The highest BCUT2D eigenvalue weighted by atomic mass is 16.1. The molecule has 0 unspecified atom stereocenters. The normalized spacial score (nSPS) is 11.2. The molecule has 0 fully saturated rings. The Morgan fingerprint density at radius 3 is 2.38 bits per heavy atom. The highest BCUT2D eigenvalue weighted by Crippen LogP contribution is 2.27. The number of benzene rings is 2. The van der Waals surface area contributed by atoms with Crippen LogP contribution >= 0.6 is 0 Å². The molecule has 1 heterocycles. The van der Waals surface area contributed by atoms with Gasteiger partial charge >= 0.3 is 0 Å². The van der Waals surface area contributed by atoms with Crippen molar-refractivity contribution < 1.29 is 4.79 Å². The average Bonchev–Trinajstić information content (AvgIpc) is 3.10. The van der Waals surface area contributed by atoms with E-state index in [9.17, 15) is 4.79 Å². The Labute approximate surface area is 141 Å². The molecule has 0 saturated carbocycles. The van der Waals surface area contributed by atoms with Gasteiger partial charge in [0.25, 0.3) is 0 Å². The zero-order valence-electron chi connectivity index (χ0n) is 13.9. The summed E-state index contributed by atoms with van der Waals surface area (Å²) in [5.41, 5.74) is 3.85. The van der Waals surface area contributed by atoms with E-state index in [1.165, 1.54) is 0 Å². The molecule has 24 heavy (non-hydrogen) atoms. The van der Waals surface area contributed by atoms with Crippen LogP contribution < -0.4 is 5.32 Å². The summed E-state index contributed by atoms with van der Waals surface area (Å²) in [4.78, 5) is 12.4. The summed E-state index contributed by atoms with van der Waals surface area (Å²) in [6, 6.07) is 17.9. The SMILES string of the molecule is CC(C)(CC(=O)Nc1ccc(-c2cn[nH]c2)cc1)c1ccccc1. The predicted octanol–water partition coefficient (Wildman–Crippen LogP) is 4.38. The topological polar surface area (TPSA) is 57.8 Å². The quantitative estimate of drug-likeness (QED) is 0.733. The first-order valence-corrected chi connectivity index (χ1v) is 7.99. The number of nitrogens with one attached hydrogen (secondary N) is 2. The van der Waals surface area contributed by atoms with Crippen LogP contribution in [0.3, 0.4) is 0 Å². The van der Waals surface area contributed by atoms with Gasteiger partial charge in [-0.2, -0.15) is 5.10 Å². The van der Waals surface area contributed by atoms with E-state index < -0.39 is 0 Å². The van der Waals surface area contributed by atoms with Gasteiger partial charge in [-0.1, -0.05) is 56.3 Å². The van der Waals surface area contributed by atoms with Crippen LogP contribution in [-0.4, -0.2) is 16.1 Å². The second kappa shape index (κ2) is 6.71. The molecule has 0 radical (unpaired) electrons. The predicted molar refractivity (Wildman–Crippen MR) is 96.7 cm³/mol. The van der Waals surface area contributed by atoms with Gasteiger partial charge < -0.3 is 5.32 Å². The molecule has 0 aliphatic rings. The van der Waals surface area contributed by atoms with Crippen LogP contribution in [0.2, 0.25) is 0 Å². The number of anilines is 1. The fourth-order valence-corrected chi connectivity index (χ4v) is 2.75. The van der Waals surface area contributed by atoms with E-state index in [2.05, 4.69) is 41.5 Å². The number of carbonyl (C=O) groups is 1. The molecule has 122 valence electrons. The smallest absolute Gasteiger partial charge is 0.225 e. The molecule has 0 saturated heterocycles. The number of rotatable bonds is 5. The Morgan fingerprint density at radius 2 is 1.75 bits per heavy atom. The minimum atomic E-state index is -0.206. The van der Waals surface area contributed by atoms with Crippen molar-refractivity contribution in [1.82, 2.24) is 10.2 Å². The van der Waals surface area contributed by atoms with Crippen molar-refractivity contribution in [2.45, 2.75) is 25.7 Å². The van der Waals surface area contributed by atoms with Crippen LogP contribution in [0, 0.1) is 0 Å². The van der Waals surface area contributed by atoms with Crippen molar-refractivity contribution in [2.24, 2.45) is 0 Å². The van der Waals surface area contributed by atoms with E-state index >= 15 is 0 Å². The lowest BCUT2D eigenvalue weighted by molar-refractivity contribution is -0.117. The van der Waals surface area contributed by atoms with E-state index in [0.717, 1.165) is 22.4 Å². The standard InChI is InChI=1S/C20H21N3O/c1-20(2,17-6-4-3-5-7-17)12-19(24)23-18-10-8-15(9-11-18)16-13-21-22-14-16/h3-11,13-14H,12H2,1-2H3,(H,21,22)(H,23,24). The van der Waals surface area contributed by atoms with Crippen LogP contribution in [0.5, 0.6) is 0 Å². The van der Waals surface area contributed by atoms with Gasteiger partial charge in [-0.25, -0.2) is 0 Å². The molecule has 0 atom stereocenters. The molecule has 2 aromatic carbocycles. The maximum atomic E-state index is 12.4. The Kier molecular flexibility index (Phi) is 4.47. The monoisotopic (exact) mass is 319 g/mol. The Bertz CT molecular complexity index is 791. The van der Waals surface area contributed by atoms with Gasteiger partial charge in [-0.15, -0.1) is 0 Å². The molecule has 2 N–H and O–H groups in total. The van der Waals surface area contributed by atoms with Gasteiger partial charge in [0.05, 0.1) is 6.20 Å². The molecule has 3 rings (SSSR count). The molecule has 0 aliphatic heterocycles. The van der Waals surface area contributed by atoms with Gasteiger partial charge in [0.1, 0.15) is 0 Å². The van der Waals surface area contributed by atoms with Crippen molar-refractivity contribution in [3.63, 3.8) is 0 Å². The zero-order valence-corrected chi connectivity index (χ0v) is 13.9. The molecular formula is C20H21N3O. The molecule has 0 bridgehead atoms. The molecule has 3 aromatic rings. The van der Waals surface area contributed by atoms with E-state index in [-0.39, 0.29) is 11.3 Å².